The minimum Gasteiger partial charge on any atom is -0.459 e. The number of amides is 4. The summed E-state index contributed by atoms with van der Waals surface area (Å²) in [5.74, 6) is -0.694. The summed E-state index contributed by atoms with van der Waals surface area (Å²) in [7, 11) is 0. The number of carbonyl (C=O) groups excluding carboxylic acids is 4. The number of hydrogen-bond donors (Lipinski definition) is 2. The molecule has 0 unspecified atom stereocenters. The van der Waals surface area contributed by atoms with Crippen molar-refractivity contribution in [2.24, 2.45) is 0 Å². The van der Waals surface area contributed by atoms with Crippen molar-refractivity contribution in [1.29, 1.82) is 0 Å². The molecule has 1 aromatic heterocycles. The van der Waals surface area contributed by atoms with Crippen molar-refractivity contribution in [3.8, 4) is 0 Å². The molecule has 9 nitrogen and oxygen atoms in total. The van der Waals surface area contributed by atoms with Gasteiger partial charge in [-0.1, -0.05) is 12.1 Å². The van der Waals surface area contributed by atoms with Gasteiger partial charge in [0.15, 0.2) is 5.76 Å². The van der Waals surface area contributed by atoms with Gasteiger partial charge in [-0.05, 0) is 30.7 Å². The molecule has 0 aliphatic carbocycles. The van der Waals surface area contributed by atoms with E-state index >= 15 is 0 Å². The fourth-order valence-electron chi connectivity index (χ4n) is 3.66. The molecule has 1 atom stereocenters. The van der Waals surface area contributed by atoms with Gasteiger partial charge in [0.25, 0.3) is 11.8 Å². The summed E-state index contributed by atoms with van der Waals surface area (Å²) in [6.45, 7) is 1.67. The first kappa shape index (κ1) is 19.7. The summed E-state index contributed by atoms with van der Waals surface area (Å²) in [6.07, 6.45) is 1.78. The Balaban J connectivity index is 1.29. The van der Waals surface area contributed by atoms with E-state index < -0.39 is 6.04 Å². The highest BCUT2D eigenvalue weighted by Crippen LogP contribution is 2.19. The lowest BCUT2D eigenvalue weighted by molar-refractivity contribution is -0.133. The molecule has 0 saturated carbocycles. The van der Waals surface area contributed by atoms with E-state index in [2.05, 4.69) is 10.6 Å². The zero-order valence-corrected chi connectivity index (χ0v) is 16.3. The van der Waals surface area contributed by atoms with Crippen LogP contribution in [0.25, 0.3) is 0 Å². The number of rotatable bonds is 4. The van der Waals surface area contributed by atoms with Gasteiger partial charge in [-0.3, -0.25) is 19.2 Å². The topological polar surface area (TPSA) is 112 Å². The molecule has 0 radical (unpaired) electrons. The van der Waals surface area contributed by atoms with E-state index in [1.807, 2.05) is 0 Å². The lowest BCUT2D eigenvalue weighted by atomic mass is 10.1. The molecule has 3 heterocycles. The fourth-order valence-corrected chi connectivity index (χ4v) is 3.66. The molecule has 2 aliphatic heterocycles. The van der Waals surface area contributed by atoms with E-state index in [9.17, 15) is 19.2 Å². The first-order valence-electron chi connectivity index (χ1n) is 9.84. The van der Waals surface area contributed by atoms with Crippen LogP contribution in [0.5, 0.6) is 0 Å². The Bertz CT molecular complexity index is 964. The van der Waals surface area contributed by atoms with Crippen LogP contribution in [0.2, 0.25) is 0 Å². The van der Waals surface area contributed by atoms with Crippen LogP contribution in [0.4, 0.5) is 5.69 Å². The predicted molar refractivity (Wildman–Crippen MR) is 107 cm³/mol. The monoisotopic (exact) mass is 410 g/mol. The zero-order chi connectivity index (χ0) is 21.1. The largest absolute Gasteiger partial charge is 0.459 e. The highest BCUT2D eigenvalue weighted by Gasteiger charge is 2.30. The normalized spacial score (nSPS) is 18.9. The van der Waals surface area contributed by atoms with Crippen LogP contribution in [0.1, 0.15) is 33.8 Å². The number of nitrogens with one attached hydrogen (secondary N) is 2. The van der Waals surface area contributed by atoms with Gasteiger partial charge < -0.3 is 24.9 Å². The summed E-state index contributed by atoms with van der Waals surface area (Å²) in [5, 5.41) is 5.43. The maximum atomic E-state index is 12.6. The second-order valence-corrected chi connectivity index (χ2v) is 7.25. The maximum absolute atomic E-state index is 12.6. The number of hydrogen-bond acceptors (Lipinski definition) is 5. The van der Waals surface area contributed by atoms with Crippen molar-refractivity contribution in [2.75, 3.05) is 31.5 Å². The highest BCUT2D eigenvalue weighted by atomic mass is 16.3. The van der Waals surface area contributed by atoms with Crippen molar-refractivity contribution in [3.05, 3.63) is 54.0 Å². The van der Waals surface area contributed by atoms with Crippen molar-refractivity contribution >= 4 is 29.3 Å². The number of piperazine rings is 1. The molecule has 0 bridgehead atoms. The number of furan rings is 1. The van der Waals surface area contributed by atoms with Gasteiger partial charge >= 0.3 is 0 Å². The Morgan fingerprint density at radius 1 is 1.00 bits per heavy atom. The molecule has 1 saturated heterocycles. The first-order valence-corrected chi connectivity index (χ1v) is 9.84. The molecule has 2 N–H and O–H groups in total. The van der Waals surface area contributed by atoms with Gasteiger partial charge in [-0.2, -0.15) is 0 Å². The minimum absolute atomic E-state index is 0.107. The standard InChI is InChI=1S/C21H22N4O5/c26-18(24-9-11-25(12-10-24)21(29)17-6-3-13-30-17)8-7-16-20(28)22-15-5-2-1-4-14(15)19(27)23-16/h1-6,13,16H,7-12H2,(H,22,28)(H,23,27)/t16-/m0/s1. The third-order valence-electron chi connectivity index (χ3n) is 5.35. The molecule has 4 rings (SSSR count). The molecule has 9 heteroatoms. The average molecular weight is 410 g/mol. The number of benzene rings is 1. The van der Waals surface area contributed by atoms with Crippen LogP contribution in [-0.4, -0.2) is 65.6 Å². The van der Waals surface area contributed by atoms with E-state index in [1.165, 1.54) is 6.26 Å². The smallest absolute Gasteiger partial charge is 0.289 e. The second-order valence-electron chi connectivity index (χ2n) is 7.25. The Hall–Kier alpha value is -3.62. The third-order valence-corrected chi connectivity index (χ3v) is 5.35. The molecule has 30 heavy (non-hydrogen) atoms. The molecule has 1 aromatic carbocycles. The van der Waals surface area contributed by atoms with E-state index in [0.717, 1.165) is 0 Å². The van der Waals surface area contributed by atoms with Crippen LogP contribution < -0.4 is 10.6 Å². The Kier molecular flexibility index (Phi) is 5.51. The number of para-hydroxylation sites is 1. The maximum Gasteiger partial charge on any atom is 0.289 e. The lowest BCUT2D eigenvalue weighted by Crippen LogP contribution is -2.51. The molecule has 1 fully saturated rings. The van der Waals surface area contributed by atoms with Gasteiger partial charge in [-0.15, -0.1) is 0 Å². The minimum atomic E-state index is -0.782. The van der Waals surface area contributed by atoms with Crippen LogP contribution in [-0.2, 0) is 9.59 Å². The Labute approximate surface area is 173 Å². The van der Waals surface area contributed by atoms with Crippen molar-refractivity contribution in [2.45, 2.75) is 18.9 Å². The molecule has 2 aliphatic rings. The zero-order valence-electron chi connectivity index (χ0n) is 16.3. The SMILES string of the molecule is O=C1N[C@@H](CCC(=O)N2CCN(C(=O)c3ccco3)CC2)C(=O)Nc2ccccc21. The van der Waals surface area contributed by atoms with Gasteiger partial charge in [0, 0.05) is 32.6 Å². The number of carbonyl (C=O) groups is 4. The van der Waals surface area contributed by atoms with Crippen LogP contribution >= 0.6 is 0 Å². The number of nitrogens with zero attached hydrogens (tertiary/aromatic N) is 2. The van der Waals surface area contributed by atoms with Gasteiger partial charge in [0.2, 0.25) is 11.8 Å². The van der Waals surface area contributed by atoms with Crippen molar-refractivity contribution in [1.82, 2.24) is 15.1 Å². The second kappa shape index (κ2) is 8.40. The van der Waals surface area contributed by atoms with Crippen molar-refractivity contribution < 1.29 is 23.6 Å². The van der Waals surface area contributed by atoms with Gasteiger partial charge in [0.05, 0.1) is 17.5 Å². The lowest BCUT2D eigenvalue weighted by Gasteiger charge is -2.34. The average Bonchev–Trinajstić information content (AvgIpc) is 3.27. The molecular weight excluding hydrogens is 388 g/mol. The Morgan fingerprint density at radius 2 is 1.73 bits per heavy atom. The number of anilines is 1. The molecule has 4 amide bonds. The highest BCUT2D eigenvalue weighted by molar-refractivity contribution is 6.09. The quantitative estimate of drug-likeness (QED) is 0.784. The van der Waals surface area contributed by atoms with Crippen LogP contribution in [0.3, 0.4) is 0 Å². The predicted octanol–water partition coefficient (Wildman–Crippen LogP) is 1.09. The van der Waals surface area contributed by atoms with Gasteiger partial charge in [-0.25, -0.2) is 0 Å². The molecule has 2 aromatic rings. The van der Waals surface area contributed by atoms with Crippen molar-refractivity contribution in [3.63, 3.8) is 0 Å². The van der Waals surface area contributed by atoms with E-state index in [4.69, 9.17) is 4.42 Å². The summed E-state index contributed by atoms with van der Waals surface area (Å²) >= 11 is 0. The molecular formula is C21H22N4O5. The summed E-state index contributed by atoms with van der Waals surface area (Å²) in [4.78, 5) is 53.0. The molecule has 156 valence electrons. The molecule has 0 spiro atoms. The summed E-state index contributed by atoms with van der Waals surface area (Å²) in [6, 6.07) is 9.27. The van der Waals surface area contributed by atoms with E-state index in [-0.39, 0.29) is 42.2 Å². The third kappa shape index (κ3) is 4.05. The van der Waals surface area contributed by atoms with Crippen LogP contribution in [0.15, 0.2) is 47.1 Å². The summed E-state index contributed by atoms with van der Waals surface area (Å²) in [5.41, 5.74) is 0.864. The van der Waals surface area contributed by atoms with E-state index in [1.54, 1.807) is 46.2 Å². The first-order chi connectivity index (χ1) is 14.5. The summed E-state index contributed by atoms with van der Waals surface area (Å²) < 4.78 is 5.14. The number of fused-ring (bicyclic) bond motifs is 1. The Morgan fingerprint density at radius 3 is 2.47 bits per heavy atom. The van der Waals surface area contributed by atoms with E-state index in [0.29, 0.717) is 37.4 Å². The van der Waals surface area contributed by atoms with Crippen LogP contribution in [0, 0.1) is 0 Å². The van der Waals surface area contributed by atoms with Gasteiger partial charge in [0.1, 0.15) is 6.04 Å². The fraction of sp³-hybridized carbons (Fsp3) is 0.333.